The molecule has 6 nitrogen and oxygen atoms in total. The van der Waals surface area contributed by atoms with Crippen molar-refractivity contribution in [2.24, 2.45) is 0 Å². The maximum Gasteiger partial charge on any atom is 0.121 e. The van der Waals surface area contributed by atoms with Crippen LogP contribution in [0.3, 0.4) is 0 Å². The number of aliphatic hydroxyl groups excluding tert-OH is 1. The monoisotopic (exact) mass is 317 g/mol. The minimum absolute atomic E-state index is 0.171. The maximum atomic E-state index is 9.27. The molecule has 124 valence electrons. The average molecular weight is 317 g/mol. The molecule has 23 heavy (non-hydrogen) atoms. The Morgan fingerprint density at radius 1 is 1.26 bits per heavy atom. The van der Waals surface area contributed by atoms with Gasteiger partial charge in [-0.05, 0) is 25.0 Å². The zero-order valence-corrected chi connectivity index (χ0v) is 13.2. The molecule has 0 unspecified atom stereocenters. The number of benzene rings is 1. The van der Waals surface area contributed by atoms with Crippen molar-refractivity contribution in [3.63, 3.8) is 0 Å². The van der Waals surface area contributed by atoms with E-state index >= 15 is 0 Å². The van der Waals surface area contributed by atoms with E-state index in [-0.39, 0.29) is 6.61 Å². The van der Waals surface area contributed by atoms with Gasteiger partial charge in [0.2, 0.25) is 0 Å². The fourth-order valence-corrected chi connectivity index (χ4v) is 2.98. The van der Waals surface area contributed by atoms with Crippen LogP contribution in [0.4, 0.5) is 0 Å². The zero-order valence-electron chi connectivity index (χ0n) is 13.2. The second kappa shape index (κ2) is 8.19. The molecule has 1 aromatic heterocycles. The van der Waals surface area contributed by atoms with Crippen molar-refractivity contribution in [2.45, 2.75) is 18.9 Å². The molecule has 1 aliphatic rings. The topological polar surface area (TPSA) is 67.7 Å². The largest absolute Gasteiger partial charge is 0.492 e. The quantitative estimate of drug-likeness (QED) is 0.834. The second-order valence-electron chi connectivity index (χ2n) is 5.69. The zero-order chi connectivity index (χ0) is 15.9. The predicted molar refractivity (Wildman–Crippen MR) is 87.5 cm³/mol. The Hall–Kier alpha value is -1.76. The lowest BCUT2D eigenvalue weighted by atomic mass is 10.1. The van der Waals surface area contributed by atoms with Gasteiger partial charge in [0.15, 0.2) is 0 Å². The van der Waals surface area contributed by atoms with Crippen molar-refractivity contribution < 1.29 is 14.6 Å². The van der Waals surface area contributed by atoms with Gasteiger partial charge in [0, 0.05) is 50.0 Å². The summed E-state index contributed by atoms with van der Waals surface area (Å²) in [4.78, 5) is 10.5. The Kier molecular flexibility index (Phi) is 5.74. The number of hydrogen-bond acceptors (Lipinski definition) is 6. The van der Waals surface area contributed by atoms with Gasteiger partial charge in [-0.2, -0.15) is 0 Å². The van der Waals surface area contributed by atoms with Gasteiger partial charge in [-0.15, -0.1) is 0 Å². The molecule has 0 spiro atoms. The van der Waals surface area contributed by atoms with E-state index in [1.165, 1.54) is 0 Å². The van der Waals surface area contributed by atoms with E-state index in [4.69, 9.17) is 9.47 Å². The molecule has 6 heteroatoms. The van der Waals surface area contributed by atoms with Crippen molar-refractivity contribution in [2.75, 3.05) is 39.5 Å². The van der Waals surface area contributed by atoms with E-state index in [0.29, 0.717) is 19.2 Å². The van der Waals surface area contributed by atoms with Crippen molar-refractivity contribution in [1.82, 2.24) is 14.9 Å². The van der Waals surface area contributed by atoms with Gasteiger partial charge in [-0.1, -0.05) is 0 Å². The van der Waals surface area contributed by atoms with E-state index in [9.17, 15) is 5.11 Å². The lowest BCUT2D eigenvalue weighted by Gasteiger charge is -2.33. The fraction of sp³-hybridized carbons (Fsp3) is 0.529. The summed E-state index contributed by atoms with van der Waals surface area (Å²) in [5.41, 5.74) is 0.883. The fourth-order valence-electron chi connectivity index (χ4n) is 2.98. The highest BCUT2D eigenvalue weighted by Crippen LogP contribution is 2.18. The Balaban J connectivity index is 1.55. The van der Waals surface area contributed by atoms with E-state index in [0.717, 1.165) is 49.3 Å². The van der Waals surface area contributed by atoms with E-state index < -0.39 is 0 Å². The van der Waals surface area contributed by atoms with E-state index in [1.807, 2.05) is 18.2 Å². The van der Waals surface area contributed by atoms with Gasteiger partial charge in [-0.25, -0.2) is 9.97 Å². The molecular formula is C17H23N3O3. The third kappa shape index (κ3) is 4.37. The molecule has 0 bridgehead atoms. The van der Waals surface area contributed by atoms with Crippen molar-refractivity contribution in [3.8, 4) is 5.75 Å². The molecule has 1 fully saturated rings. The molecule has 1 aromatic carbocycles. The standard InChI is InChI=1S/C17H23N3O3/c21-7-5-20(15-3-8-22-9-4-15)6-10-23-16-2-1-14-12-18-13-19-17(14)11-16/h1-2,11-13,15,21H,3-10H2. The van der Waals surface area contributed by atoms with Crippen LogP contribution >= 0.6 is 0 Å². The molecule has 1 N–H and O–H groups in total. The van der Waals surface area contributed by atoms with Crippen molar-refractivity contribution in [1.29, 1.82) is 0 Å². The van der Waals surface area contributed by atoms with Crippen LogP contribution in [0.2, 0.25) is 0 Å². The van der Waals surface area contributed by atoms with Crippen LogP contribution in [0.1, 0.15) is 12.8 Å². The minimum Gasteiger partial charge on any atom is -0.492 e. The molecule has 2 aromatic rings. The highest BCUT2D eigenvalue weighted by molar-refractivity contribution is 5.78. The first-order valence-corrected chi connectivity index (χ1v) is 8.12. The van der Waals surface area contributed by atoms with Gasteiger partial charge >= 0.3 is 0 Å². The van der Waals surface area contributed by atoms with Crippen LogP contribution in [0.25, 0.3) is 10.9 Å². The molecule has 0 amide bonds. The normalized spacial score (nSPS) is 16.1. The molecule has 3 rings (SSSR count). The number of nitrogens with zero attached hydrogens (tertiary/aromatic N) is 3. The summed E-state index contributed by atoms with van der Waals surface area (Å²) in [6, 6.07) is 6.32. The SMILES string of the molecule is OCCN(CCOc1ccc2cncnc2c1)C1CCOCC1. The molecular weight excluding hydrogens is 294 g/mol. The summed E-state index contributed by atoms with van der Waals surface area (Å²) in [5.74, 6) is 0.812. The van der Waals surface area contributed by atoms with Crippen LogP contribution in [0.5, 0.6) is 5.75 Å². The molecule has 1 aliphatic heterocycles. The second-order valence-corrected chi connectivity index (χ2v) is 5.69. The summed E-state index contributed by atoms with van der Waals surface area (Å²) in [7, 11) is 0. The van der Waals surface area contributed by atoms with Crippen LogP contribution in [0, 0.1) is 0 Å². The van der Waals surface area contributed by atoms with Crippen LogP contribution in [-0.4, -0.2) is 65.5 Å². The summed E-state index contributed by atoms with van der Waals surface area (Å²) < 4.78 is 11.3. The number of hydrogen-bond donors (Lipinski definition) is 1. The number of ether oxygens (including phenoxy) is 2. The van der Waals surface area contributed by atoms with Gasteiger partial charge in [0.25, 0.3) is 0 Å². The smallest absolute Gasteiger partial charge is 0.121 e. The maximum absolute atomic E-state index is 9.27. The summed E-state index contributed by atoms with van der Waals surface area (Å²) in [6.07, 6.45) is 5.38. The minimum atomic E-state index is 0.171. The van der Waals surface area contributed by atoms with Gasteiger partial charge in [0.05, 0.1) is 12.1 Å². The lowest BCUT2D eigenvalue weighted by molar-refractivity contribution is 0.0234. The lowest BCUT2D eigenvalue weighted by Crippen LogP contribution is -2.43. The predicted octanol–water partition coefficient (Wildman–Crippen LogP) is 1.48. The Morgan fingerprint density at radius 3 is 2.96 bits per heavy atom. The van der Waals surface area contributed by atoms with Gasteiger partial charge in [0.1, 0.15) is 18.7 Å². The number of aromatic nitrogens is 2. The van der Waals surface area contributed by atoms with Crippen LogP contribution < -0.4 is 4.74 Å². The Bertz CT molecular complexity index is 617. The number of aliphatic hydroxyl groups is 1. The van der Waals surface area contributed by atoms with E-state index in [2.05, 4.69) is 14.9 Å². The van der Waals surface area contributed by atoms with Crippen molar-refractivity contribution in [3.05, 3.63) is 30.7 Å². The molecule has 0 radical (unpaired) electrons. The Morgan fingerprint density at radius 2 is 2.13 bits per heavy atom. The number of rotatable bonds is 7. The first kappa shape index (κ1) is 16.1. The molecule has 0 atom stereocenters. The van der Waals surface area contributed by atoms with E-state index in [1.54, 1.807) is 12.5 Å². The molecule has 2 heterocycles. The summed E-state index contributed by atoms with van der Waals surface area (Å²) in [6.45, 7) is 3.85. The molecule has 0 aliphatic carbocycles. The van der Waals surface area contributed by atoms with Crippen LogP contribution in [-0.2, 0) is 4.74 Å². The Labute approximate surface area is 136 Å². The number of fused-ring (bicyclic) bond motifs is 1. The summed E-state index contributed by atoms with van der Waals surface area (Å²) >= 11 is 0. The molecule has 0 saturated carbocycles. The van der Waals surface area contributed by atoms with Crippen LogP contribution in [0.15, 0.2) is 30.7 Å². The highest BCUT2D eigenvalue weighted by atomic mass is 16.5. The third-order valence-electron chi connectivity index (χ3n) is 4.22. The first-order chi connectivity index (χ1) is 11.4. The third-order valence-corrected chi connectivity index (χ3v) is 4.22. The summed E-state index contributed by atoms with van der Waals surface area (Å²) in [5, 5.41) is 10.3. The molecule has 1 saturated heterocycles. The van der Waals surface area contributed by atoms with Gasteiger partial charge < -0.3 is 14.6 Å². The highest BCUT2D eigenvalue weighted by Gasteiger charge is 2.20. The van der Waals surface area contributed by atoms with Crippen molar-refractivity contribution >= 4 is 10.9 Å². The average Bonchev–Trinajstić information content (AvgIpc) is 2.61. The van der Waals surface area contributed by atoms with Gasteiger partial charge in [-0.3, -0.25) is 4.90 Å². The first-order valence-electron chi connectivity index (χ1n) is 8.12.